The number of likely N-dealkylation sites (tertiary alicyclic amines) is 1. The van der Waals surface area contributed by atoms with Gasteiger partial charge in [-0.1, -0.05) is 13.0 Å². The Labute approximate surface area is 345 Å². The lowest BCUT2D eigenvalue weighted by Crippen LogP contribution is -2.54. The molecule has 3 aliphatic heterocycles. The van der Waals surface area contributed by atoms with Gasteiger partial charge in [-0.3, -0.25) is 39.0 Å². The van der Waals surface area contributed by atoms with Crippen molar-refractivity contribution in [2.24, 2.45) is 11.7 Å². The molecule has 6 amide bonds. The van der Waals surface area contributed by atoms with Crippen molar-refractivity contribution < 1.29 is 61.6 Å². The second kappa shape index (κ2) is 20.5. The van der Waals surface area contributed by atoms with Gasteiger partial charge in [0.25, 0.3) is 23.6 Å². The van der Waals surface area contributed by atoms with E-state index in [1.807, 2.05) is 6.92 Å². The summed E-state index contributed by atoms with van der Waals surface area (Å²) >= 11 is 0. The average Bonchev–Trinajstić information content (AvgIpc) is 3.63. The van der Waals surface area contributed by atoms with E-state index in [2.05, 4.69) is 15.6 Å². The molecule has 2 saturated heterocycles. The van der Waals surface area contributed by atoms with Crippen molar-refractivity contribution >= 4 is 51.9 Å². The fraction of sp³-hybridized carbons (Fsp3) is 0.488. The number of carbonyl (C=O) groups is 6. The first-order chi connectivity index (χ1) is 29.0. The highest BCUT2D eigenvalue weighted by Crippen LogP contribution is 2.35. The number of rotatable bonds is 23. The Morgan fingerprint density at radius 2 is 1.65 bits per heavy atom. The zero-order valence-corrected chi connectivity index (χ0v) is 33.4. The molecule has 0 aliphatic carbocycles. The van der Waals surface area contributed by atoms with E-state index in [0.717, 1.165) is 4.90 Å². The molecule has 1 aromatic heterocycles. The standard InChI is InChI=1S/C41H49FN6O12/c1-3-25-31(23-60-38-27-22-32(55-2)28(36(43)50)21-24(27)9-10-45-38)47(41(54)35(25)42)12-14-57-16-18-59-20-19-58-17-15-56-13-11-44-29-6-4-5-26-34(29)40(53)48(39(26)52)30-7-8-33(49)46-37(30)51/h4-6,9-10,21-22,25,30-31,35,44H,3,7-8,11-20,23H2,1-2H3,(H2,43,50)(H,46,49,51)/t25-,30?,31+,35-/m0/s1. The highest BCUT2D eigenvalue weighted by molar-refractivity contribution is 6.25. The SMILES string of the molecule is CC[C@@H]1[C@H](F)C(=O)N(CCOCCOCCOCCOCCNc2cccc3c2C(=O)N(C2CCC(=O)NC2=O)C3=O)[C@@H]1COc1nccc2cc(C(N)=O)c(OC)cc12. The number of nitrogens with one attached hydrogen (secondary N) is 2. The number of nitrogens with zero attached hydrogens (tertiary/aromatic N) is 3. The number of alkyl halides is 1. The molecule has 0 bridgehead atoms. The molecule has 19 heteroatoms. The van der Waals surface area contributed by atoms with Crippen LogP contribution in [0.1, 0.15) is 57.3 Å². The van der Waals surface area contributed by atoms with Crippen molar-refractivity contribution in [3.8, 4) is 11.6 Å². The highest BCUT2D eigenvalue weighted by atomic mass is 19.1. The van der Waals surface area contributed by atoms with Crippen LogP contribution in [0.5, 0.6) is 11.6 Å². The number of aromatic nitrogens is 1. The van der Waals surface area contributed by atoms with Crippen LogP contribution in [0.25, 0.3) is 10.8 Å². The third-order valence-electron chi connectivity index (χ3n) is 10.6. The second-order valence-electron chi connectivity index (χ2n) is 14.2. The molecule has 4 N–H and O–H groups in total. The van der Waals surface area contributed by atoms with E-state index >= 15 is 4.39 Å². The molecule has 2 fully saturated rings. The molecule has 0 spiro atoms. The molecular formula is C41H49FN6O12. The van der Waals surface area contributed by atoms with Crippen LogP contribution in [0.2, 0.25) is 0 Å². The van der Waals surface area contributed by atoms with Crippen LogP contribution < -0.4 is 25.8 Å². The number of fused-ring (bicyclic) bond motifs is 2. The molecule has 18 nitrogen and oxygen atoms in total. The third-order valence-corrected chi connectivity index (χ3v) is 10.6. The van der Waals surface area contributed by atoms with Crippen LogP contribution in [0.15, 0.2) is 42.6 Å². The number of halogens is 1. The fourth-order valence-electron chi connectivity index (χ4n) is 7.56. The van der Waals surface area contributed by atoms with Gasteiger partial charge in [-0.15, -0.1) is 0 Å². The number of primary amides is 1. The summed E-state index contributed by atoms with van der Waals surface area (Å²) in [6.07, 6.45) is 0.413. The van der Waals surface area contributed by atoms with Crippen molar-refractivity contribution in [1.82, 2.24) is 20.1 Å². The number of benzene rings is 2. The molecule has 6 rings (SSSR count). The van der Waals surface area contributed by atoms with Crippen molar-refractivity contribution in [3.05, 3.63) is 59.3 Å². The Morgan fingerprint density at radius 3 is 2.32 bits per heavy atom. The maximum absolute atomic E-state index is 15.1. The van der Waals surface area contributed by atoms with E-state index in [9.17, 15) is 28.8 Å². The summed E-state index contributed by atoms with van der Waals surface area (Å²) in [5.74, 6) is -3.58. The van der Waals surface area contributed by atoms with Gasteiger partial charge < -0.3 is 44.4 Å². The molecule has 0 saturated carbocycles. The normalized spacial score (nSPS) is 20.2. The number of ether oxygens (including phenoxy) is 6. The predicted molar refractivity (Wildman–Crippen MR) is 211 cm³/mol. The number of carbonyl (C=O) groups excluding carboxylic acids is 6. The topological polar surface area (TPSA) is 227 Å². The Kier molecular flexibility index (Phi) is 14.9. The van der Waals surface area contributed by atoms with Crippen LogP contribution in [-0.4, -0.2) is 148 Å². The first-order valence-corrected chi connectivity index (χ1v) is 19.8. The molecule has 4 heterocycles. The molecule has 3 aliphatic rings. The maximum Gasteiger partial charge on any atom is 0.264 e. The van der Waals surface area contributed by atoms with Crippen molar-refractivity contribution in [3.63, 3.8) is 0 Å². The summed E-state index contributed by atoms with van der Waals surface area (Å²) in [7, 11) is 1.42. The van der Waals surface area contributed by atoms with Crippen LogP contribution in [0.4, 0.5) is 10.1 Å². The minimum atomic E-state index is -1.66. The van der Waals surface area contributed by atoms with Gasteiger partial charge in [0, 0.05) is 42.7 Å². The van der Waals surface area contributed by atoms with E-state index in [4.69, 9.17) is 34.2 Å². The third kappa shape index (κ3) is 9.81. The van der Waals surface area contributed by atoms with Gasteiger partial charge in [-0.05, 0) is 48.6 Å². The predicted octanol–water partition coefficient (Wildman–Crippen LogP) is 1.88. The van der Waals surface area contributed by atoms with Crippen molar-refractivity contribution in [1.29, 1.82) is 0 Å². The summed E-state index contributed by atoms with van der Waals surface area (Å²) < 4.78 is 49.0. The highest BCUT2D eigenvalue weighted by Gasteiger charge is 2.48. The Bertz CT molecular complexity index is 2090. The van der Waals surface area contributed by atoms with Gasteiger partial charge in [-0.25, -0.2) is 9.37 Å². The van der Waals surface area contributed by atoms with Crippen LogP contribution in [0.3, 0.4) is 0 Å². The number of methoxy groups -OCH3 is 1. The minimum Gasteiger partial charge on any atom is -0.496 e. The molecular weight excluding hydrogens is 787 g/mol. The van der Waals surface area contributed by atoms with E-state index in [-0.39, 0.29) is 74.1 Å². The van der Waals surface area contributed by atoms with Crippen molar-refractivity contribution in [2.75, 3.05) is 85.0 Å². The van der Waals surface area contributed by atoms with Crippen LogP contribution in [-0.2, 0) is 33.3 Å². The summed E-state index contributed by atoms with van der Waals surface area (Å²) in [5, 5.41) is 6.53. The smallest absolute Gasteiger partial charge is 0.264 e. The van der Waals surface area contributed by atoms with Gasteiger partial charge in [0.05, 0.1) is 82.7 Å². The molecule has 322 valence electrons. The maximum atomic E-state index is 15.1. The van der Waals surface area contributed by atoms with Gasteiger partial charge >= 0.3 is 0 Å². The number of hydrogen-bond donors (Lipinski definition) is 3. The number of amides is 6. The summed E-state index contributed by atoms with van der Waals surface area (Å²) in [6, 6.07) is 8.17. The van der Waals surface area contributed by atoms with Gasteiger partial charge in [0.15, 0.2) is 6.17 Å². The molecule has 60 heavy (non-hydrogen) atoms. The molecule has 0 radical (unpaired) electrons. The lowest BCUT2D eigenvalue weighted by molar-refractivity contribution is -0.136. The number of nitrogens with two attached hydrogens (primary N) is 1. The fourth-order valence-corrected chi connectivity index (χ4v) is 7.56. The number of hydrogen-bond acceptors (Lipinski definition) is 14. The van der Waals surface area contributed by atoms with Crippen LogP contribution >= 0.6 is 0 Å². The number of piperidine rings is 1. The van der Waals surface area contributed by atoms with Gasteiger partial charge in [-0.2, -0.15) is 0 Å². The number of imide groups is 2. The summed E-state index contributed by atoms with van der Waals surface area (Å²) in [5.41, 5.74) is 6.53. The summed E-state index contributed by atoms with van der Waals surface area (Å²) in [4.78, 5) is 81.6. The molecule has 1 unspecified atom stereocenters. The quantitative estimate of drug-likeness (QED) is 0.0916. The molecule has 3 aromatic rings. The minimum absolute atomic E-state index is 0.00300. The van der Waals surface area contributed by atoms with E-state index in [1.165, 1.54) is 24.3 Å². The van der Waals surface area contributed by atoms with Crippen LogP contribution in [0, 0.1) is 5.92 Å². The number of anilines is 1. The van der Waals surface area contributed by atoms with E-state index in [0.29, 0.717) is 62.5 Å². The Hall–Kier alpha value is -5.76. The largest absolute Gasteiger partial charge is 0.496 e. The van der Waals surface area contributed by atoms with Crippen molar-refractivity contribution in [2.45, 2.75) is 44.4 Å². The average molecular weight is 837 g/mol. The first-order valence-electron chi connectivity index (χ1n) is 19.8. The molecule has 2 aromatic carbocycles. The van der Waals surface area contributed by atoms with Gasteiger partial charge in [0.2, 0.25) is 17.7 Å². The molecule has 4 atom stereocenters. The Morgan fingerprint density at radius 1 is 0.950 bits per heavy atom. The van der Waals surface area contributed by atoms with Gasteiger partial charge in [0.1, 0.15) is 18.4 Å². The van der Waals surface area contributed by atoms with E-state index in [1.54, 1.807) is 30.3 Å². The zero-order valence-electron chi connectivity index (χ0n) is 33.4. The monoisotopic (exact) mass is 836 g/mol. The Balaban J connectivity index is 0.835. The van der Waals surface area contributed by atoms with E-state index < -0.39 is 59.6 Å². The first kappa shape index (κ1) is 43.8. The lowest BCUT2D eigenvalue weighted by Gasteiger charge is -2.27. The lowest BCUT2D eigenvalue weighted by atomic mass is 9.96. The number of pyridine rings is 1. The summed E-state index contributed by atoms with van der Waals surface area (Å²) in [6.45, 7) is 4.58. The zero-order chi connectivity index (χ0) is 42.8. The second-order valence-corrected chi connectivity index (χ2v) is 14.2.